The Morgan fingerprint density at radius 3 is 2.16 bits per heavy atom. The van der Waals surface area contributed by atoms with Crippen molar-refractivity contribution in [3.63, 3.8) is 0 Å². The quantitative estimate of drug-likeness (QED) is 0.478. The lowest BCUT2D eigenvalue weighted by Crippen LogP contribution is -2.53. The second-order valence-corrected chi connectivity index (χ2v) is 10.5. The number of halogens is 2. The molecule has 1 aromatic carbocycles. The molecule has 1 unspecified atom stereocenters. The van der Waals surface area contributed by atoms with Crippen LogP contribution in [0.3, 0.4) is 0 Å². The van der Waals surface area contributed by atoms with E-state index in [2.05, 4.69) is 37.8 Å². The van der Waals surface area contributed by atoms with Gasteiger partial charge in [0.1, 0.15) is 0 Å². The van der Waals surface area contributed by atoms with E-state index in [1.165, 1.54) is 38.5 Å². The van der Waals surface area contributed by atoms with Crippen molar-refractivity contribution in [2.24, 2.45) is 23.2 Å². The zero-order valence-electron chi connectivity index (χ0n) is 17.2. The summed E-state index contributed by atoms with van der Waals surface area (Å²) >= 11 is 12.3. The van der Waals surface area contributed by atoms with Crippen molar-refractivity contribution in [2.75, 3.05) is 10.6 Å². The fourth-order valence-corrected chi connectivity index (χ4v) is 6.90. The molecule has 4 fully saturated rings. The van der Waals surface area contributed by atoms with Gasteiger partial charge in [-0.1, -0.05) is 23.2 Å². The smallest absolute Gasteiger partial charge is 0.245 e. The van der Waals surface area contributed by atoms with E-state index in [4.69, 9.17) is 27.8 Å². The molecule has 31 heavy (non-hydrogen) atoms. The Balaban J connectivity index is 1.32. The fourth-order valence-electron chi connectivity index (χ4n) is 6.60. The van der Waals surface area contributed by atoms with E-state index < -0.39 is 0 Å². The van der Waals surface area contributed by atoms with E-state index in [1.807, 2.05) is 6.07 Å². The Labute approximate surface area is 190 Å². The molecule has 0 aliphatic heterocycles. The molecule has 2 N–H and O–H groups in total. The lowest BCUT2D eigenvalue weighted by molar-refractivity contribution is -0.0602. The summed E-state index contributed by atoms with van der Waals surface area (Å²) in [6.07, 6.45) is 8.20. The summed E-state index contributed by atoms with van der Waals surface area (Å²) in [4.78, 5) is 9.28. The number of aromatic nitrogens is 4. The van der Waals surface area contributed by atoms with Crippen LogP contribution in [-0.4, -0.2) is 26.3 Å². The molecule has 0 amide bonds. The van der Waals surface area contributed by atoms with Gasteiger partial charge in [0, 0.05) is 11.7 Å². The normalized spacial score (nSPS) is 30.0. The highest BCUT2D eigenvalue weighted by molar-refractivity contribution is 6.42. The van der Waals surface area contributed by atoms with E-state index in [1.54, 1.807) is 12.1 Å². The minimum absolute atomic E-state index is 0.280. The lowest BCUT2D eigenvalue weighted by Gasteiger charge is -2.59. The number of anilines is 3. The van der Waals surface area contributed by atoms with Crippen LogP contribution >= 0.6 is 23.2 Å². The number of hydrogen-bond acceptors (Lipinski definition) is 7. The second-order valence-electron chi connectivity index (χ2n) is 9.73. The largest absolute Gasteiger partial charge is 0.364 e. The van der Waals surface area contributed by atoms with E-state index in [-0.39, 0.29) is 6.04 Å². The molecule has 162 valence electrons. The molecule has 1 atom stereocenters. The summed E-state index contributed by atoms with van der Waals surface area (Å²) < 4.78 is 4.85. The highest BCUT2D eigenvalue weighted by atomic mass is 35.5. The predicted molar refractivity (Wildman–Crippen MR) is 121 cm³/mol. The first-order chi connectivity index (χ1) is 15.0. The van der Waals surface area contributed by atoms with Gasteiger partial charge in [0.2, 0.25) is 11.3 Å². The summed E-state index contributed by atoms with van der Waals surface area (Å²) in [5.74, 6) is 3.88. The average Bonchev–Trinajstić information content (AvgIpc) is 3.17. The highest BCUT2D eigenvalue weighted by Gasteiger charge is 2.53. The summed E-state index contributed by atoms with van der Waals surface area (Å²) in [6.45, 7) is 2.29. The second kappa shape index (κ2) is 7.20. The number of fused-ring (bicyclic) bond motifs is 1. The van der Waals surface area contributed by atoms with Crippen LogP contribution in [0, 0.1) is 23.2 Å². The third-order valence-corrected chi connectivity index (χ3v) is 8.39. The summed E-state index contributed by atoms with van der Waals surface area (Å²) in [5.41, 5.74) is 1.84. The zero-order valence-corrected chi connectivity index (χ0v) is 18.7. The van der Waals surface area contributed by atoms with Crippen molar-refractivity contribution < 1.29 is 4.63 Å². The molecule has 2 aromatic heterocycles. The van der Waals surface area contributed by atoms with Crippen LogP contribution in [0.2, 0.25) is 10.0 Å². The molecule has 9 heteroatoms. The minimum atomic E-state index is 0.280. The van der Waals surface area contributed by atoms with Crippen LogP contribution in [0.15, 0.2) is 22.8 Å². The SMILES string of the molecule is CC(Nc1nc2nonc2nc1Nc1ccc(Cl)c(Cl)c1)C12CC3CC(CC(C3)C1)C2. The van der Waals surface area contributed by atoms with E-state index in [0.29, 0.717) is 38.4 Å². The van der Waals surface area contributed by atoms with Gasteiger partial charge in [-0.2, -0.15) is 0 Å². The lowest BCUT2D eigenvalue weighted by atomic mass is 9.48. The van der Waals surface area contributed by atoms with Crippen LogP contribution in [0.4, 0.5) is 17.3 Å². The van der Waals surface area contributed by atoms with E-state index >= 15 is 0 Å². The van der Waals surface area contributed by atoms with Gasteiger partial charge in [-0.05, 0) is 97.1 Å². The molecule has 4 bridgehead atoms. The first kappa shape index (κ1) is 19.6. The molecule has 3 aromatic rings. The molecule has 2 heterocycles. The van der Waals surface area contributed by atoms with Gasteiger partial charge in [0.25, 0.3) is 0 Å². The van der Waals surface area contributed by atoms with Crippen LogP contribution in [0.5, 0.6) is 0 Å². The Morgan fingerprint density at radius 1 is 0.935 bits per heavy atom. The molecular formula is C22H24Cl2N6O. The number of nitrogens with zero attached hydrogens (tertiary/aromatic N) is 4. The van der Waals surface area contributed by atoms with Gasteiger partial charge < -0.3 is 10.6 Å². The Hall–Kier alpha value is -2.12. The van der Waals surface area contributed by atoms with E-state index in [9.17, 15) is 0 Å². The van der Waals surface area contributed by atoms with Crippen molar-refractivity contribution in [3.8, 4) is 0 Å². The van der Waals surface area contributed by atoms with Gasteiger partial charge in [0.05, 0.1) is 10.0 Å². The number of nitrogens with one attached hydrogen (secondary N) is 2. The Morgan fingerprint density at radius 2 is 1.55 bits per heavy atom. The Bertz CT molecular complexity index is 1110. The van der Waals surface area contributed by atoms with Crippen molar-refractivity contribution in [1.29, 1.82) is 0 Å². The molecule has 0 radical (unpaired) electrons. The number of benzene rings is 1. The van der Waals surface area contributed by atoms with Crippen LogP contribution in [0.1, 0.15) is 45.4 Å². The van der Waals surface area contributed by atoms with Crippen LogP contribution in [-0.2, 0) is 0 Å². The molecule has 4 aliphatic rings. The molecule has 7 rings (SSSR count). The first-order valence-electron chi connectivity index (χ1n) is 11.0. The highest BCUT2D eigenvalue weighted by Crippen LogP contribution is 2.61. The standard InChI is InChI=1S/C22H24Cl2N6O/c1-11(22-8-12-4-13(9-22)6-14(5-12)10-22)25-18-19(28-21-20(27-18)29-31-30-21)26-15-2-3-16(23)17(24)7-15/h2-3,7,11-14H,4-6,8-10H2,1H3,(H,25,27,29)(H,26,28,30). The zero-order chi connectivity index (χ0) is 21.2. The Kier molecular flexibility index (Phi) is 4.54. The minimum Gasteiger partial charge on any atom is -0.364 e. The molecule has 4 saturated carbocycles. The molecule has 7 nitrogen and oxygen atoms in total. The van der Waals surface area contributed by atoms with Crippen molar-refractivity contribution in [3.05, 3.63) is 28.2 Å². The average molecular weight is 459 g/mol. The van der Waals surface area contributed by atoms with Crippen molar-refractivity contribution >= 4 is 51.8 Å². The molecule has 0 spiro atoms. The summed E-state index contributed by atoms with van der Waals surface area (Å²) in [5, 5.41) is 15.7. The van der Waals surface area contributed by atoms with Gasteiger partial charge in [-0.25, -0.2) is 14.6 Å². The maximum atomic E-state index is 6.20. The molecule has 0 saturated heterocycles. The van der Waals surface area contributed by atoms with Gasteiger partial charge in [0.15, 0.2) is 11.6 Å². The van der Waals surface area contributed by atoms with Crippen molar-refractivity contribution in [1.82, 2.24) is 20.3 Å². The molecule has 4 aliphatic carbocycles. The third kappa shape index (κ3) is 3.42. The summed E-state index contributed by atoms with van der Waals surface area (Å²) in [7, 11) is 0. The fraction of sp³-hybridized carbons (Fsp3) is 0.545. The van der Waals surface area contributed by atoms with Crippen molar-refractivity contribution in [2.45, 2.75) is 51.5 Å². The number of rotatable bonds is 5. The van der Waals surface area contributed by atoms with Crippen LogP contribution < -0.4 is 10.6 Å². The van der Waals surface area contributed by atoms with Gasteiger partial charge in [-0.3, -0.25) is 0 Å². The van der Waals surface area contributed by atoms with Crippen LogP contribution in [0.25, 0.3) is 11.3 Å². The topological polar surface area (TPSA) is 88.8 Å². The third-order valence-electron chi connectivity index (χ3n) is 7.65. The van der Waals surface area contributed by atoms with Gasteiger partial charge in [-0.15, -0.1) is 0 Å². The first-order valence-corrected chi connectivity index (χ1v) is 11.7. The monoisotopic (exact) mass is 458 g/mol. The molecular weight excluding hydrogens is 435 g/mol. The van der Waals surface area contributed by atoms with E-state index in [0.717, 1.165) is 23.4 Å². The summed E-state index contributed by atoms with van der Waals surface area (Å²) in [6, 6.07) is 5.65. The maximum absolute atomic E-state index is 6.20. The number of hydrogen-bond donors (Lipinski definition) is 2. The van der Waals surface area contributed by atoms with Gasteiger partial charge >= 0.3 is 0 Å². The maximum Gasteiger partial charge on any atom is 0.245 e. The predicted octanol–water partition coefficient (Wildman–Crippen LogP) is 6.08.